The highest BCUT2D eigenvalue weighted by Crippen LogP contribution is 2.34. The summed E-state index contributed by atoms with van der Waals surface area (Å²) in [4.78, 5) is 38.2. The Morgan fingerprint density at radius 3 is 2.28 bits per heavy atom. The summed E-state index contributed by atoms with van der Waals surface area (Å²) >= 11 is 1.02. The molecular weight excluding hydrogens is 428 g/mol. The Bertz CT molecular complexity index is 1110. The highest BCUT2D eigenvalue weighted by atomic mass is 32.1. The minimum absolute atomic E-state index is 0.166. The van der Waals surface area contributed by atoms with Crippen LogP contribution in [0.2, 0.25) is 0 Å². The molecule has 3 rings (SSSR count). The molecule has 1 heterocycles. The van der Waals surface area contributed by atoms with Crippen molar-refractivity contribution in [2.75, 3.05) is 23.8 Å². The number of ether oxygens (including phenoxy) is 2. The lowest BCUT2D eigenvalue weighted by atomic mass is 10.1. The number of para-hydroxylation sites is 1. The summed E-state index contributed by atoms with van der Waals surface area (Å²) in [6.07, 6.45) is 0. The zero-order chi connectivity index (χ0) is 23.1. The number of hydrogen-bond donors (Lipinski definition) is 2. The van der Waals surface area contributed by atoms with Crippen LogP contribution in [0, 0.1) is 13.8 Å². The SMILES string of the molecule is CCOC(=O)c1c(NC(=O)COc2ccc(C)cc2)sc(C(=O)Nc2ccccc2)c1C. The van der Waals surface area contributed by atoms with Crippen molar-refractivity contribution in [2.24, 2.45) is 0 Å². The van der Waals surface area contributed by atoms with E-state index >= 15 is 0 Å². The van der Waals surface area contributed by atoms with Crippen molar-refractivity contribution in [2.45, 2.75) is 20.8 Å². The molecule has 166 valence electrons. The Morgan fingerprint density at radius 1 is 0.938 bits per heavy atom. The number of benzene rings is 2. The van der Waals surface area contributed by atoms with E-state index in [2.05, 4.69) is 10.6 Å². The van der Waals surface area contributed by atoms with Crippen molar-refractivity contribution in [3.63, 3.8) is 0 Å². The molecule has 0 radical (unpaired) electrons. The molecule has 0 saturated heterocycles. The molecule has 3 aromatic rings. The molecule has 0 fully saturated rings. The molecule has 1 aromatic heterocycles. The summed E-state index contributed by atoms with van der Waals surface area (Å²) in [5.41, 5.74) is 2.31. The Balaban J connectivity index is 1.79. The van der Waals surface area contributed by atoms with E-state index in [4.69, 9.17) is 9.47 Å². The van der Waals surface area contributed by atoms with Gasteiger partial charge in [-0.15, -0.1) is 11.3 Å². The van der Waals surface area contributed by atoms with Gasteiger partial charge in [-0.05, 0) is 50.6 Å². The van der Waals surface area contributed by atoms with Gasteiger partial charge >= 0.3 is 5.97 Å². The van der Waals surface area contributed by atoms with Crippen molar-refractivity contribution in [3.05, 3.63) is 76.2 Å². The molecule has 2 aromatic carbocycles. The maximum absolute atomic E-state index is 12.8. The molecule has 0 saturated carbocycles. The van der Waals surface area contributed by atoms with Crippen molar-refractivity contribution >= 4 is 39.8 Å². The van der Waals surface area contributed by atoms with Crippen LogP contribution in [0.15, 0.2) is 54.6 Å². The van der Waals surface area contributed by atoms with E-state index in [1.165, 1.54) is 0 Å². The first-order valence-corrected chi connectivity index (χ1v) is 10.9. The third-order valence-corrected chi connectivity index (χ3v) is 5.71. The second-order valence-corrected chi connectivity index (χ2v) is 7.97. The Morgan fingerprint density at radius 2 is 1.62 bits per heavy atom. The third-order valence-electron chi connectivity index (χ3n) is 4.51. The van der Waals surface area contributed by atoms with Crippen molar-refractivity contribution in [1.29, 1.82) is 0 Å². The number of carbonyl (C=O) groups excluding carboxylic acids is 3. The van der Waals surface area contributed by atoms with Gasteiger partial charge in [0.25, 0.3) is 11.8 Å². The van der Waals surface area contributed by atoms with Crippen LogP contribution in [0.4, 0.5) is 10.7 Å². The highest BCUT2D eigenvalue weighted by Gasteiger charge is 2.26. The molecule has 8 heteroatoms. The second kappa shape index (κ2) is 10.6. The molecule has 0 bridgehead atoms. The van der Waals surface area contributed by atoms with E-state index in [1.54, 1.807) is 50.2 Å². The molecule has 32 heavy (non-hydrogen) atoms. The zero-order valence-corrected chi connectivity index (χ0v) is 18.9. The van der Waals surface area contributed by atoms with Crippen LogP contribution in [0.3, 0.4) is 0 Å². The minimum Gasteiger partial charge on any atom is -0.484 e. The van der Waals surface area contributed by atoms with Crippen LogP contribution < -0.4 is 15.4 Å². The third kappa shape index (κ3) is 5.73. The highest BCUT2D eigenvalue weighted by molar-refractivity contribution is 7.18. The largest absolute Gasteiger partial charge is 0.484 e. The first-order chi connectivity index (χ1) is 15.4. The van der Waals surface area contributed by atoms with Gasteiger partial charge in [-0.3, -0.25) is 9.59 Å². The van der Waals surface area contributed by atoms with Gasteiger partial charge in [-0.1, -0.05) is 35.9 Å². The number of aryl methyl sites for hydroxylation is 1. The number of rotatable bonds is 8. The van der Waals surface area contributed by atoms with Crippen LogP contribution >= 0.6 is 11.3 Å². The molecular formula is C24H24N2O5S. The van der Waals surface area contributed by atoms with Gasteiger partial charge in [-0.2, -0.15) is 0 Å². The van der Waals surface area contributed by atoms with E-state index in [0.29, 0.717) is 21.9 Å². The average Bonchev–Trinajstić information content (AvgIpc) is 3.10. The van der Waals surface area contributed by atoms with Crippen molar-refractivity contribution in [3.8, 4) is 5.75 Å². The molecule has 0 aliphatic rings. The molecule has 7 nitrogen and oxygen atoms in total. The van der Waals surface area contributed by atoms with Crippen LogP contribution in [-0.4, -0.2) is 31.0 Å². The number of amides is 2. The lowest BCUT2D eigenvalue weighted by molar-refractivity contribution is -0.118. The summed E-state index contributed by atoms with van der Waals surface area (Å²) in [5.74, 6) is -0.871. The molecule has 0 aliphatic carbocycles. The standard InChI is InChI=1S/C24H24N2O5S/c1-4-30-24(29)20-16(3)21(22(28)25-17-8-6-5-7-9-17)32-23(20)26-19(27)14-31-18-12-10-15(2)11-13-18/h5-13H,4,14H2,1-3H3,(H,25,28)(H,26,27). The Kier molecular flexibility index (Phi) is 7.62. The van der Waals surface area contributed by atoms with Gasteiger partial charge in [0.05, 0.1) is 17.0 Å². The van der Waals surface area contributed by atoms with E-state index < -0.39 is 11.9 Å². The van der Waals surface area contributed by atoms with E-state index in [9.17, 15) is 14.4 Å². The molecule has 2 amide bonds. The Labute approximate surface area is 190 Å². The van der Waals surface area contributed by atoms with E-state index in [-0.39, 0.29) is 29.7 Å². The number of esters is 1. The molecule has 0 spiro atoms. The molecule has 0 aliphatic heterocycles. The summed E-state index contributed by atoms with van der Waals surface area (Å²) in [5, 5.41) is 5.73. The van der Waals surface area contributed by atoms with Crippen molar-refractivity contribution in [1.82, 2.24) is 0 Å². The van der Waals surface area contributed by atoms with Gasteiger partial charge in [0.2, 0.25) is 0 Å². The van der Waals surface area contributed by atoms with Crippen molar-refractivity contribution < 1.29 is 23.9 Å². The minimum atomic E-state index is -0.602. The maximum Gasteiger partial charge on any atom is 0.341 e. The molecule has 2 N–H and O–H groups in total. The van der Waals surface area contributed by atoms with Crippen LogP contribution in [0.1, 0.15) is 38.1 Å². The lowest BCUT2D eigenvalue weighted by Gasteiger charge is -2.08. The van der Waals surface area contributed by atoms with E-state index in [1.807, 2.05) is 25.1 Å². The number of nitrogens with one attached hydrogen (secondary N) is 2. The quantitative estimate of drug-likeness (QED) is 0.478. The zero-order valence-electron chi connectivity index (χ0n) is 18.1. The summed E-state index contributed by atoms with van der Waals surface area (Å²) in [6.45, 7) is 5.23. The first kappa shape index (κ1) is 23.0. The molecule has 0 atom stereocenters. The normalized spacial score (nSPS) is 10.3. The Hall–Kier alpha value is -3.65. The fourth-order valence-electron chi connectivity index (χ4n) is 2.92. The number of anilines is 2. The predicted molar refractivity (Wildman–Crippen MR) is 125 cm³/mol. The van der Waals surface area contributed by atoms with Crippen LogP contribution in [0.5, 0.6) is 5.75 Å². The predicted octanol–water partition coefficient (Wildman–Crippen LogP) is 4.81. The smallest absolute Gasteiger partial charge is 0.341 e. The lowest BCUT2D eigenvalue weighted by Crippen LogP contribution is -2.21. The molecule has 0 unspecified atom stereocenters. The van der Waals surface area contributed by atoms with E-state index in [0.717, 1.165) is 16.9 Å². The van der Waals surface area contributed by atoms with Crippen LogP contribution in [-0.2, 0) is 9.53 Å². The maximum atomic E-state index is 12.8. The second-order valence-electron chi connectivity index (χ2n) is 6.95. The van der Waals surface area contributed by atoms with Gasteiger partial charge in [0, 0.05) is 5.69 Å². The monoisotopic (exact) mass is 452 g/mol. The fraction of sp³-hybridized carbons (Fsp3) is 0.208. The van der Waals surface area contributed by atoms with Gasteiger partial charge in [0.15, 0.2) is 6.61 Å². The topological polar surface area (TPSA) is 93.7 Å². The number of hydrogen-bond acceptors (Lipinski definition) is 6. The van der Waals surface area contributed by atoms with Gasteiger partial charge < -0.3 is 20.1 Å². The fourth-order valence-corrected chi connectivity index (χ4v) is 4.03. The summed E-state index contributed by atoms with van der Waals surface area (Å²) < 4.78 is 10.6. The number of thiophene rings is 1. The number of carbonyl (C=O) groups is 3. The average molecular weight is 453 g/mol. The van der Waals surface area contributed by atoms with Gasteiger partial charge in [-0.25, -0.2) is 4.79 Å². The summed E-state index contributed by atoms with van der Waals surface area (Å²) in [7, 11) is 0. The summed E-state index contributed by atoms with van der Waals surface area (Å²) in [6, 6.07) is 16.3. The van der Waals surface area contributed by atoms with Crippen LogP contribution in [0.25, 0.3) is 0 Å². The first-order valence-electron chi connectivity index (χ1n) is 10.0. The van der Waals surface area contributed by atoms with Gasteiger partial charge in [0.1, 0.15) is 10.8 Å².